The van der Waals surface area contributed by atoms with Gasteiger partial charge in [0.25, 0.3) is 5.69 Å². The topological polar surface area (TPSA) is 75.5 Å². The molecule has 4 rings (SSSR count). The van der Waals surface area contributed by atoms with Gasteiger partial charge in [-0.2, -0.15) is 0 Å². The maximum absolute atomic E-state index is 13.1. The molecule has 1 unspecified atom stereocenters. The molecule has 164 valence electrons. The smallest absolute Gasteiger partial charge is 0.269 e. The van der Waals surface area contributed by atoms with Gasteiger partial charge in [-0.15, -0.1) is 0 Å². The van der Waals surface area contributed by atoms with Crippen LogP contribution in [-0.2, 0) is 30.7 Å². The van der Waals surface area contributed by atoms with Crippen molar-refractivity contribution in [2.75, 3.05) is 6.54 Å². The summed E-state index contributed by atoms with van der Waals surface area (Å²) >= 11 is 0. The zero-order valence-electron chi connectivity index (χ0n) is 17.5. The van der Waals surface area contributed by atoms with Crippen LogP contribution in [0, 0.1) is 15.9 Å². The predicted molar refractivity (Wildman–Crippen MR) is 119 cm³/mol. The number of non-ortho nitro benzene ring substituents is 1. The number of hydrogen-bond donors (Lipinski definition) is 1. The number of nitro groups is 1. The van der Waals surface area contributed by atoms with E-state index in [9.17, 15) is 19.3 Å². The molecule has 0 saturated heterocycles. The van der Waals surface area contributed by atoms with Crippen LogP contribution >= 0.6 is 0 Å². The van der Waals surface area contributed by atoms with Crippen molar-refractivity contribution < 1.29 is 14.1 Å². The molecule has 0 radical (unpaired) electrons. The molecule has 6 nitrogen and oxygen atoms in total. The van der Waals surface area contributed by atoms with E-state index >= 15 is 0 Å². The first-order valence-electron chi connectivity index (χ1n) is 10.6. The van der Waals surface area contributed by atoms with Crippen LogP contribution in [0.3, 0.4) is 0 Å². The number of benzene rings is 3. The average Bonchev–Trinajstić information content (AvgIpc) is 2.80. The molecule has 1 N–H and O–H groups in total. The monoisotopic (exact) mass is 433 g/mol. The third-order valence-corrected chi connectivity index (χ3v) is 5.81. The zero-order valence-corrected chi connectivity index (χ0v) is 17.5. The van der Waals surface area contributed by atoms with E-state index < -0.39 is 4.92 Å². The third-order valence-electron chi connectivity index (χ3n) is 5.81. The maximum Gasteiger partial charge on any atom is 0.269 e. The van der Waals surface area contributed by atoms with Crippen LogP contribution in [0.5, 0.6) is 0 Å². The lowest BCUT2D eigenvalue weighted by Gasteiger charge is -2.36. The molecular weight excluding hydrogens is 409 g/mol. The summed E-state index contributed by atoms with van der Waals surface area (Å²) in [5.74, 6) is -0.330. The van der Waals surface area contributed by atoms with Gasteiger partial charge in [-0.3, -0.25) is 19.8 Å². The van der Waals surface area contributed by atoms with Crippen molar-refractivity contribution in [3.8, 4) is 0 Å². The van der Waals surface area contributed by atoms with Crippen molar-refractivity contribution in [2.45, 2.75) is 32.0 Å². The van der Waals surface area contributed by atoms with E-state index in [4.69, 9.17) is 0 Å². The number of fused-ring (bicyclic) bond motifs is 1. The summed E-state index contributed by atoms with van der Waals surface area (Å²) in [4.78, 5) is 25.7. The van der Waals surface area contributed by atoms with Gasteiger partial charge in [0.15, 0.2) is 0 Å². The average molecular weight is 433 g/mol. The molecule has 3 aromatic carbocycles. The largest absolute Gasteiger partial charge is 0.354 e. The Morgan fingerprint density at radius 3 is 2.34 bits per heavy atom. The van der Waals surface area contributed by atoms with Crippen molar-refractivity contribution >= 4 is 11.6 Å². The first-order valence-corrected chi connectivity index (χ1v) is 10.6. The lowest BCUT2D eigenvalue weighted by atomic mass is 9.93. The Labute approximate surface area is 185 Å². The molecule has 32 heavy (non-hydrogen) atoms. The van der Waals surface area contributed by atoms with Crippen LogP contribution in [0.1, 0.15) is 22.3 Å². The van der Waals surface area contributed by atoms with Gasteiger partial charge in [0, 0.05) is 31.8 Å². The molecular formula is C25H24FN3O3. The molecule has 0 aromatic heterocycles. The lowest BCUT2D eigenvalue weighted by Crippen LogP contribution is -2.50. The molecule has 0 bridgehead atoms. The van der Waals surface area contributed by atoms with Crippen LogP contribution < -0.4 is 5.32 Å². The summed E-state index contributed by atoms with van der Waals surface area (Å²) in [5, 5.41) is 13.9. The fourth-order valence-corrected chi connectivity index (χ4v) is 4.06. The number of hydrogen-bond acceptors (Lipinski definition) is 4. The minimum absolute atomic E-state index is 0.0489. The van der Waals surface area contributed by atoms with E-state index in [0.29, 0.717) is 32.5 Å². The Hall–Kier alpha value is -3.58. The number of carbonyl (C=O) groups is 1. The molecule has 0 aliphatic carbocycles. The molecule has 1 atom stereocenters. The highest BCUT2D eigenvalue weighted by Crippen LogP contribution is 2.25. The van der Waals surface area contributed by atoms with Crippen molar-refractivity contribution in [3.05, 3.63) is 111 Å². The molecule has 0 saturated carbocycles. The van der Waals surface area contributed by atoms with Crippen molar-refractivity contribution in [2.24, 2.45) is 0 Å². The van der Waals surface area contributed by atoms with Crippen LogP contribution in [-0.4, -0.2) is 28.3 Å². The van der Waals surface area contributed by atoms with Gasteiger partial charge in [0.1, 0.15) is 5.82 Å². The molecule has 3 aromatic rings. The number of halogens is 1. The Bertz CT molecular complexity index is 1100. The lowest BCUT2D eigenvalue weighted by molar-refractivity contribution is -0.384. The summed E-state index contributed by atoms with van der Waals surface area (Å²) in [5.41, 5.74) is 4.27. The number of amides is 1. The molecule has 1 heterocycles. The van der Waals surface area contributed by atoms with E-state index in [0.717, 1.165) is 16.7 Å². The highest BCUT2D eigenvalue weighted by molar-refractivity contribution is 5.82. The van der Waals surface area contributed by atoms with Crippen LogP contribution in [0.15, 0.2) is 72.8 Å². The summed E-state index contributed by atoms with van der Waals surface area (Å²) < 4.78 is 13.1. The summed E-state index contributed by atoms with van der Waals surface area (Å²) in [6.45, 7) is 1.61. The van der Waals surface area contributed by atoms with E-state index in [2.05, 4.69) is 22.3 Å². The fourth-order valence-electron chi connectivity index (χ4n) is 4.06. The summed E-state index contributed by atoms with van der Waals surface area (Å²) in [6.07, 6.45) is 1.23. The summed E-state index contributed by atoms with van der Waals surface area (Å²) in [6, 6.07) is 20.5. The maximum atomic E-state index is 13.1. The second-order valence-corrected chi connectivity index (χ2v) is 7.98. The second-order valence-electron chi connectivity index (χ2n) is 7.98. The quantitative estimate of drug-likeness (QED) is 0.451. The van der Waals surface area contributed by atoms with Crippen molar-refractivity contribution in [3.63, 3.8) is 0 Å². The first-order chi connectivity index (χ1) is 15.5. The van der Waals surface area contributed by atoms with Gasteiger partial charge in [0.2, 0.25) is 5.91 Å². The van der Waals surface area contributed by atoms with Gasteiger partial charge in [0.05, 0.1) is 11.0 Å². The Balaban J connectivity index is 1.45. The van der Waals surface area contributed by atoms with Gasteiger partial charge in [-0.05, 0) is 47.2 Å². The number of nitrogens with one attached hydrogen (secondary N) is 1. The van der Waals surface area contributed by atoms with Crippen LogP contribution in [0.2, 0.25) is 0 Å². The summed E-state index contributed by atoms with van der Waals surface area (Å²) in [7, 11) is 0. The van der Waals surface area contributed by atoms with E-state index in [1.165, 1.54) is 29.8 Å². The SMILES string of the molecule is O=C(NCCc1ccc(F)cc1)C1Cc2ccccc2CN1Cc1ccc([N+](=O)[O-])cc1. The fraction of sp³-hybridized carbons (Fsp3) is 0.240. The number of nitro benzene ring substituents is 1. The minimum Gasteiger partial charge on any atom is -0.354 e. The van der Waals surface area contributed by atoms with Gasteiger partial charge in [-0.1, -0.05) is 48.5 Å². The number of nitrogens with zero attached hydrogens (tertiary/aromatic N) is 2. The van der Waals surface area contributed by atoms with Gasteiger partial charge in [-0.25, -0.2) is 4.39 Å². The Kier molecular flexibility index (Phi) is 6.56. The number of rotatable bonds is 7. The van der Waals surface area contributed by atoms with Crippen LogP contribution in [0.25, 0.3) is 0 Å². The van der Waals surface area contributed by atoms with E-state index in [1.807, 2.05) is 12.1 Å². The standard InChI is InChI=1S/C25H24FN3O3/c26-22-9-5-18(6-10-22)13-14-27-25(30)24-15-20-3-1-2-4-21(20)17-28(24)16-19-7-11-23(12-8-19)29(31)32/h1-12,24H,13-17H2,(H,27,30). The van der Waals surface area contributed by atoms with E-state index in [1.54, 1.807) is 24.3 Å². The minimum atomic E-state index is -0.418. The molecule has 1 aliphatic heterocycles. The molecule has 7 heteroatoms. The van der Waals surface area contributed by atoms with Crippen LogP contribution in [0.4, 0.5) is 10.1 Å². The van der Waals surface area contributed by atoms with Crippen molar-refractivity contribution in [1.29, 1.82) is 0 Å². The van der Waals surface area contributed by atoms with E-state index in [-0.39, 0.29) is 23.5 Å². The Morgan fingerprint density at radius 1 is 1.00 bits per heavy atom. The zero-order chi connectivity index (χ0) is 22.5. The Morgan fingerprint density at radius 2 is 1.66 bits per heavy atom. The predicted octanol–water partition coefficient (Wildman–Crippen LogP) is 4.02. The highest BCUT2D eigenvalue weighted by Gasteiger charge is 2.31. The molecule has 0 fully saturated rings. The second kappa shape index (κ2) is 9.70. The molecule has 0 spiro atoms. The number of carbonyl (C=O) groups excluding carboxylic acids is 1. The van der Waals surface area contributed by atoms with Gasteiger partial charge >= 0.3 is 0 Å². The normalized spacial score (nSPS) is 15.7. The molecule has 1 amide bonds. The first kappa shape index (κ1) is 21.6. The molecule has 1 aliphatic rings. The van der Waals surface area contributed by atoms with Crippen molar-refractivity contribution in [1.82, 2.24) is 10.2 Å². The third kappa shape index (κ3) is 5.18. The highest BCUT2D eigenvalue weighted by atomic mass is 19.1. The van der Waals surface area contributed by atoms with Gasteiger partial charge < -0.3 is 5.32 Å².